The van der Waals surface area contributed by atoms with Crippen LogP contribution >= 0.6 is 0 Å². The minimum atomic E-state index is -3.97. The van der Waals surface area contributed by atoms with Gasteiger partial charge in [-0.1, -0.05) is 42.5 Å². The molecule has 0 aliphatic carbocycles. The quantitative estimate of drug-likeness (QED) is 0.203. The molecule has 0 radical (unpaired) electrons. The molecule has 0 unspecified atom stereocenters. The predicted octanol–water partition coefficient (Wildman–Crippen LogP) is 4.10. The maximum atomic E-state index is 12.5. The van der Waals surface area contributed by atoms with Crippen LogP contribution in [0.4, 0.5) is 0 Å². The summed E-state index contributed by atoms with van der Waals surface area (Å²) in [5.41, 5.74) is 4.21. The van der Waals surface area contributed by atoms with Gasteiger partial charge >= 0.3 is 10.1 Å². The number of hydrogen-bond donors (Lipinski definition) is 1. The number of rotatable bonds is 10. The third-order valence-electron chi connectivity index (χ3n) is 4.54. The minimum Gasteiger partial charge on any atom is -0.493 e. The van der Waals surface area contributed by atoms with Gasteiger partial charge in [0.1, 0.15) is 17.3 Å². The van der Waals surface area contributed by atoms with Gasteiger partial charge in [0.15, 0.2) is 11.5 Å². The van der Waals surface area contributed by atoms with E-state index in [0.717, 1.165) is 5.56 Å². The second-order valence-corrected chi connectivity index (χ2v) is 8.63. The Labute approximate surface area is 198 Å². The van der Waals surface area contributed by atoms with Gasteiger partial charge in [-0.05, 0) is 55.0 Å². The van der Waals surface area contributed by atoms with Gasteiger partial charge in [-0.3, -0.25) is 4.79 Å². The number of carbonyl (C=O) groups is 1. The number of nitrogens with zero attached hydrogens (tertiary/aromatic N) is 1. The van der Waals surface area contributed by atoms with E-state index in [1.54, 1.807) is 42.5 Å². The van der Waals surface area contributed by atoms with Gasteiger partial charge in [-0.2, -0.15) is 13.5 Å². The zero-order valence-corrected chi connectivity index (χ0v) is 19.5. The lowest BCUT2D eigenvalue weighted by Gasteiger charge is -2.10. The molecule has 0 aliphatic rings. The van der Waals surface area contributed by atoms with E-state index in [9.17, 15) is 13.2 Å². The smallest absolute Gasteiger partial charge is 0.339 e. The number of nitrogens with one attached hydrogen (secondary N) is 1. The molecule has 3 aromatic carbocycles. The standard InChI is InChI=1S/C25H24N2O6S/c1-4-14-32-23-13-10-20(16-24(23)31-3)25(28)27-26-17-19-6-5-7-21(15-19)33-34(29,30)22-11-8-18(2)9-12-22/h4-13,15-17H,1,14H2,2-3H3,(H,27,28)/b26-17+. The number of amides is 1. The van der Waals surface area contributed by atoms with E-state index in [0.29, 0.717) is 29.2 Å². The van der Waals surface area contributed by atoms with E-state index < -0.39 is 16.0 Å². The molecule has 176 valence electrons. The van der Waals surface area contributed by atoms with E-state index in [-0.39, 0.29) is 10.6 Å². The van der Waals surface area contributed by atoms with Gasteiger partial charge in [-0.25, -0.2) is 5.43 Å². The Balaban J connectivity index is 1.66. The Morgan fingerprint density at radius 2 is 1.82 bits per heavy atom. The maximum absolute atomic E-state index is 12.5. The molecule has 1 N–H and O–H groups in total. The monoisotopic (exact) mass is 480 g/mol. The SMILES string of the molecule is C=CCOc1ccc(C(=O)N/N=C/c2cccc(OS(=O)(=O)c3ccc(C)cc3)c2)cc1OC. The largest absolute Gasteiger partial charge is 0.493 e. The van der Waals surface area contributed by atoms with Crippen LogP contribution in [0, 0.1) is 6.92 Å². The van der Waals surface area contributed by atoms with Crippen molar-refractivity contribution in [2.75, 3.05) is 13.7 Å². The topological polar surface area (TPSA) is 103 Å². The Kier molecular flexibility index (Phi) is 8.05. The van der Waals surface area contributed by atoms with Crippen LogP contribution in [0.15, 0.2) is 89.4 Å². The summed E-state index contributed by atoms with van der Waals surface area (Å²) in [5.74, 6) is 0.549. The third-order valence-corrected chi connectivity index (χ3v) is 5.80. The summed E-state index contributed by atoms with van der Waals surface area (Å²) in [6, 6.07) is 17.4. The molecule has 0 heterocycles. The maximum Gasteiger partial charge on any atom is 0.339 e. The molecule has 0 aliphatic heterocycles. The van der Waals surface area contributed by atoms with Gasteiger partial charge in [0.2, 0.25) is 0 Å². The molecule has 0 atom stereocenters. The van der Waals surface area contributed by atoms with Crippen molar-refractivity contribution in [3.05, 3.63) is 96.1 Å². The number of hydrogen-bond acceptors (Lipinski definition) is 7. The molecular weight excluding hydrogens is 456 g/mol. The van der Waals surface area contributed by atoms with Crippen LogP contribution in [0.25, 0.3) is 0 Å². The van der Waals surface area contributed by atoms with Crippen LogP contribution in [0.1, 0.15) is 21.5 Å². The highest BCUT2D eigenvalue weighted by atomic mass is 32.2. The van der Waals surface area contributed by atoms with Crippen molar-refractivity contribution in [3.63, 3.8) is 0 Å². The fourth-order valence-corrected chi connectivity index (χ4v) is 3.76. The average molecular weight is 481 g/mol. The van der Waals surface area contributed by atoms with Crippen LogP contribution in [0.5, 0.6) is 17.2 Å². The summed E-state index contributed by atoms with van der Waals surface area (Å²) in [6.45, 7) is 5.76. The van der Waals surface area contributed by atoms with E-state index in [1.165, 1.54) is 43.7 Å². The van der Waals surface area contributed by atoms with E-state index in [2.05, 4.69) is 17.1 Å². The van der Waals surface area contributed by atoms with Gasteiger partial charge in [0, 0.05) is 5.56 Å². The molecule has 8 nitrogen and oxygen atoms in total. The molecule has 9 heteroatoms. The predicted molar refractivity (Wildman–Crippen MR) is 129 cm³/mol. The van der Waals surface area contributed by atoms with Gasteiger partial charge in [0.05, 0.1) is 13.3 Å². The fourth-order valence-electron chi connectivity index (χ4n) is 2.83. The third kappa shape index (κ3) is 6.46. The normalized spacial score (nSPS) is 11.1. The van der Waals surface area contributed by atoms with E-state index >= 15 is 0 Å². The summed E-state index contributed by atoms with van der Waals surface area (Å²) in [7, 11) is -2.50. The zero-order chi connectivity index (χ0) is 24.6. The van der Waals surface area contributed by atoms with Crippen molar-refractivity contribution < 1.29 is 26.9 Å². The Morgan fingerprint density at radius 1 is 1.06 bits per heavy atom. The summed E-state index contributed by atoms with van der Waals surface area (Å²) in [6.07, 6.45) is 2.98. The Bertz CT molecular complexity index is 1300. The molecule has 0 fully saturated rings. The first-order valence-electron chi connectivity index (χ1n) is 10.2. The molecule has 34 heavy (non-hydrogen) atoms. The number of aryl methyl sites for hydroxylation is 1. The number of carbonyl (C=O) groups excluding carboxylic acids is 1. The first-order chi connectivity index (χ1) is 16.3. The highest BCUT2D eigenvalue weighted by Gasteiger charge is 2.16. The van der Waals surface area contributed by atoms with E-state index in [4.69, 9.17) is 13.7 Å². The lowest BCUT2D eigenvalue weighted by Crippen LogP contribution is -2.17. The number of hydrazone groups is 1. The fraction of sp³-hybridized carbons (Fsp3) is 0.120. The number of methoxy groups -OCH3 is 1. The Hall–Kier alpha value is -4.11. The number of benzene rings is 3. The van der Waals surface area contributed by atoms with Crippen molar-refractivity contribution in [3.8, 4) is 17.2 Å². The summed E-state index contributed by atoms with van der Waals surface area (Å²) in [4.78, 5) is 12.5. The van der Waals surface area contributed by atoms with Crippen molar-refractivity contribution in [2.45, 2.75) is 11.8 Å². The van der Waals surface area contributed by atoms with Crippen LogP contribution in [-0.2, 0) is 10.1 Å². The zero-order valence-electron chi connectivity index (χ0n) is 18.7. The average Bonchev–Trinajstić information content (AvgIpc) is 2.82. The summed E-state index contributed by atoms with van der Waals surface area (Å²) >= 11 is 0. The van der Waals surface area contributed by atoms with Crippen molar-refractivity contribution >= 4 is 22.2 Å². The van der Waals surface area contributed by atoms with Crippen LogP contribution in [-0.4, -0.2) is 34.3 Å². The molecule has 1 amide bonds. The van der Waals surface area contributed by atoms with Crippen LogP contribution in [0.3, 0.4) is 0 Å². The molecule has 0 aromatic heterocycles. The molecule has 0 saturated heterocycles. The van der Waals surface area contributed by atoms with Crippen molar-refractivity contribution in [1.82, 2.24) is 5.43 Å². The summed E-state index contributed by atoms with van der Waals surface area (Å²) in [5, 5.41) is 3.94. The second-order valence-electron chi connectivity index (χ2n) is 7.09. The minimum absolute atomic E-state index is 0.0563. The highest BCUT2D eigenvalue weighted by Crippen LogP contribution is 2.28. The van der Waals surface area contributed by atoms with Gasteiger partial charge < -0.3 is 13.7 Å². The molecule has 0 spiro atoms. The highest BCUT2D eigenvalue weighted by molar-refractivity contribution is 7.87. The molecule has 0 saturated carbocycles. The molecule has 0 bridgehead atoms. The first-order valence-corrected chi connectivity index (χ1v) is 11.6. The van der Waals surface area contributed by atoms with E-state index in [1.807, 2.05) is 6.92 Å². The van der Waals surface area contributed by atoms with Crippen molar-refractivity contribution in [2.24, 2.45) is 5.10 Å². The number of ether oxygens (including phenoxy) is 2. The Morgan fingerprint density at radius 3 is 2.53 bits per heavy atom. The lowest BCUT2D eigenvalue weighted by molar-refractivity contribution is 0.0954. The molecule has 3 rings (SSSR count). The molecular formula is C25H24N2O6S. The van der Waals surface area contributed by atoms with Crippen molar-refractivity contribution in [1.29, 1.82) is 0 Å². The lowest BCUT2D eigenvalue weighted by atomic mass is 10.2. The first kappa shape index (κ1) is 24.5. The van der Waals surface area contributed by atoms with Crippen LogP contribution in [0.2, 0.25) is 0 Å². The van der Waals surface area contributed by atoms with Gasteiger partial charge in [0.25, 0.3) is 5.91 Å². The van der Waals surface area contributed by atoms with Gasteiger partial charge in [-0.15, -0.1) is 0 Å². The molecule has 3 aromatic rings. The second kappa shape index (κ2) is 11.2. The van der Waals surface area contributed by atoms with Crippen LogP contribution < -0.4 is 19.1 Å². The summed E-state index contributed by atoms with van der Waals surface area (Å²) < 4.78 is 40.9.